The van der Waals surface area contributed by atoms with Crippen molar-refractivity contribution in [1.29, 1.82) is 0 Å². The Morgan fingerprint density at radius 2 is 1.88 bits per heavy atom. The molecule has 0 fully saturated rings. The van der Waals surface area contributed by atoms with E-state index in [9.17, 15) is 9.59 Å². The molecule has 3 rings (SSSR count). The molecule has 1 N–H and O–H groups in total. The van der Waals surface area contributed by atoms with Crippen LogP contribution in [0.4, 0.5) is 0 Å². The summed E-state index contributed by atoms with van der Waals surface area (Å²) in [5.41, 5.74) is 1.10. The van der Waals surface area contributed by atoms with Gasteiger partial charge in [-0.1, -0.05) is 29.5 Å². The predicted molar refractivity (Wildman–Crippen MR) is 89.0 cm³/mol. The van der Waals surface area contributed by atoms with Crippen molar-refractivity contribution < 1.29 is 4.79 Å². The molecular formula is C17H17N5O2. The van der Waals surface area contributed by atoms with Crippen molar-refractivity contribution in [2.45, 2.75) is 13.0 Å². The predicted octanol–water partition coefficient (Wildman–Crippen LogP) is 1.25. The Morgan fingerprint density at radius 3 is 2.67 bits per heavy atom. The minimum atomic E-state index is -0.246. The van der Waals surface area contributed by atoms with Gasteiger partial charge in [0.05, 0.1) is 11.9 Å². The summed E-state index contributed by atoms with van der Waals surface area (Å²) >= 11 is 0. The highest BCUT2D eigenvalue weighted by Crippen LogP contribution is 2.08. The molecule has 2 heterocycles. The minimum absolute atomic E-state index is 0.0461. The first-order valence-corrected chi connectivity index (χ1v) is 7.65. The molecule has 0 saturated carbocycles. The SMILES string of the molecule is O=C(NCCCn1ccccc1=O)c1cnnn1-c1ccccc1. The number of nitrogens with one attached hydrogen (secondary N) is 1. The highest BCUT2D eigenvalue weighted by atomic mass is 16.2. The summed E-state index contributed by atoms with van der Waals surface area (Å²) < 4.78 is 3.11. The van der Waals surface area contributed by atoms with Crippen LogP contribution in [0.15, 0.2) is 65.7 Å². The van der Waals surface area contributed by atoms with E-state index < -0.39 is 0 Å². The van der Waals surface area contributed by atoms with Crippen molar-refractivity contribution in [2.24, 2.45) is 0 Å². The topological polar surface area (TPSA) is 81.8 Å². The molecule has 0 radical (unpaired) electrons. The van der Waals surface area contributed by atoms with Crippen LogP contribution in [0.5, 0.6) is 0 Å². The Bertz CT molecular complexity index is 870. The molecule has 2 aromatic heterocycles. The van der Waals surface area contributed by atoms with Crippen molar-refractivity contribution in [3.63, 3.8) is 0 Å². The number of rotatable bonds is 6. The number of nitrogens with zero attached hydrogens (tertiary/aromatic N) is 4. The third kappa shape index (κ3) is 3.57. The van der Waals surface area contributed by atoms with Crippen molar-refractivity contribution in [1.82, 2.24) is 24.9 Å². The van der Waals surface area contributed by atoms with Gasteiger partial charge in [-0.15, -0.1) is 5.10 Å². The summed E-state index contributed by atoms with van der Waals surface area (Å²) in [5, 5.41) is 10.6. The lowest BCUT2D eigenvalue weighted by Gasteiger charge is -2.08. The molecule has 1 aromatic carbocycles. The van der Waals surface area contributed by atoms with E-state index >= 15 is 0 Å². The lowest BCUT2D eigenvalue weighted by molar-refractivity contribution is 0.0945. The van der Waals surface area contributed by atoms with Gasteiger partial charge in [0.1, 0.15) is 0 Å². The summed E-state index contributed by atoms with van der Waals surface area (Å²) in [6.07, 6.45) is 3.82. The fraction of sp³-hybridized carbons (Fsp3) is 0.176. The first-order valence-electron chi connectivity index (χ1n) is 7.65. The summed E-state index contributed by atoms with van der Waals surface area (Å²) in [7, 11) is 0. The van der Waals surface area contributed by atoms with Crippen LogP contribution in [0.25, 0.3) is 5.69 Å². The Labute approximate surface area is 138 Å². The molecule has 0 bridgehead atoms. The fourth-order valence-corrected chi connectivity index (χ4v) is 2.34. The second-order valence-electron chi connectivity index (χ2n) is 5.21. The van der Waals surface area contributed by atoms with E-state index in [0.717, 1.165) is 5.69 Å². The van der Waals surface area contributed by atoms with E-state index in [2.05, 4.69) is 15.6 Å². The molecule has 24 heavy (non-hydrogen) atoms. The molecule has 1 amide bonds. The number of hydrogen-bond acceptors (Lipinski definition) is 4. The molecule has 0 aliphatic rings. The third-order valence-electron chi connectivity index (χ3n) is 3.54. The van der Waals surface area contributed by atoms with Gasteiger partial charge in [0.25, 0.3) is 5.91 Å². The van der Waals surface area contributed by atoms with Gasteiger partial charge < -0.3 is 9.88 Å². The maximum Gasteiger partial charge on any atom is 0.271 e. The van der Waals surface area contributed by atoms with Gasteiger partial charge in [0.15, 0.2) is 5.69 Å². The first kappa shape index (κ1) is 15.7. The second kappa shape index (κ2) is 7.36. The van der Waals surface area contributed by atoms with E-state index in [4.69, 9.17) is 0 Å². The molecule has 0 aliphatic heterocycles. The van der Waals surface area contributed by atoms with E-state index in [1.165, 1.54) is 16.9 Å². The first-order chi connectivity index (χ1) is 11.8. The van der Waals surface area contributed by atoms with E-state index in [1.807, 2.05) is 36.4 Å². The van der Waals surface area contributed by atoms with Crippen LogP contribution in [-0.4, -0.2) is 32.0 Å². The number of pyridine rings is 1. The Kier molecular flexibility index (Phi) is 4.81. The van der Waals surface area contributed by atoms with Crippen molar-refractivity contribution in [2.75, 3.05) is 6.54 Å². The second-order valence-corrected chi connectivity index (χ2v) is 5.21. The molecular weight excluding hydrogens is 306 g/mol. The van der Waals surface area contributed by atoms with Gasteiger partial charge in [-0.3, -0.25) is 9.59 Å². The third-order valence-corrected chi connectivity index (χ3v) is 3.54. The lowest BCUT2D eigenvalue weighted by atomic mass is 10.3. The maximum atomic E-state index is 12.3. The van der Waals surface area contributed by atoms with Gasteiger partial charge in [0, 0.05) is 25.4 Å². The van der Waals surface area contributed by atoms with Gasteiger partial charge >= 0.3 is 0 Å². The van der Waals surface area contributed by atoms with Crippen LogP contribution < -0.4 is 10.9 Å². The number of benzene rings is 1. The maximum absolute atomic E-state index is 12.3. The number of para-hydroxylation sites is 1. The molecule has 122 valence electrons. The summed E-state index contributed by atoms with van der Waals surface area (Å²) in [5.74, 6) is -0.246. The molecule has 7 nitrogen and oxygen atoms in total. The number of aryl methyl sites for hydroxylation is 1. The van der Waals surface area contributed by atoms with Gasteiger partial charge in [-0.05, 0) is 24.6 Å². The molecule has 3 aromatic rings. The number of amides is 1. The molecule has 0 atom stereocenters. The van der Waals surface area contributed by atoms with Gasteiger partial charge in [0.2, 0.25) is 5.56 Å². The molecule has 7 heteroatoms. The number of hydrogen-bond donors (Lipinski definition) is 1. The van der Waals surface area contributed by atoms with Crippen LogP contribution >= 0.6 is 0 Å². The number of carbonyl (C=O) groups is 1. The lowest BCUT2D eigenvalue weighted by Crippen LogP contribution is -2.28. The van der Waals surface area contributed by atoms with Gasteiger partial charge in [-0.2, -0.15) is 0 Å². The molecule has 0 spiro atoms. The summed E-state index contributed by atoms with van der Waals surface area (Å²) in [6, 6.07) is 14.4. The molecule has 0 saturated heterocycles. The van der Waals surface area contributed by atoms with E-state index in [1.54, 1.807) is 16.8 Å². The van der Waals surface area contributed by atoms with Crippen molar-refractivity contribution in [3.05, 3.63) is 77.0 Å². The molecule has 0 unspecified atom stereocenters. The van der Waals surface area contributed by atoms with Crippen molar-refractivity contribution >= 4 is 5.91 Å². The highest BCUT2D eigenvalue weighted by molar-refractivity contribution is 5.92. The largest absolute Gasteiger partial charge is 0.351 e. The van der Waals surface area contributed by atoms with Crippen LogP contribution in [0.2, 0.25) is 0 Å². The fourth-order valence-electron chi connectivity index (χ4n) is 2.34. The van der Waals surface area contributed by atoms with Crippen LogP contribution in [0, 0.1) is 0 Å². The normalized spacial score (nSPS) is 10.5. The zero-order chi connectivity index (χ0) is 16.8. The molecule has 0 aliphatic carbocycles. The Balaban J connectivity index is 1.58. The minimum Gasteiger partial charge on any atom is -0.351 e. The van der Waals surface area contributed by atoms with Gasteiger partial charge in [-0.25, -0.2) is 4.68 Å². The van der Waals surface area contributed by atoms with E-state index in [0.29, 0.717) is 25.2 Å². The number of aromatic nitrogens is 4. The van der Waals surface area contributed by atoms with E-state index in [-0.39, 0.29) is 11.5 Å². The smallest absolute Gasteiger partial charge is 0.271 e. The standard InChI is InChI=1S/C17H17N5O2/c23-16-9-4-5-11-21(16)12-6-10-18-17(24)15-13-19-20-22(15)14-7-2-1-3-8-14/h1-5,7-9,11,13H,6,10,12H2,(H,18,24). The van der Waals surface area contributed by atoms with Crippen molar-refractivity contribution in [3.8, 4) is 5.69 Å². The monoisotopic (exact) mass is 323 g/mol. The van der Waals surface area contributed by atoms with Crippen LogP contribution in [0.3, 0.4) is 0 Å². The van der Waals surface area contributed by atoms with Crippen LogP contribution in [0.1, 0.15) is 16.9 Å². The average molecular weight is 323 g/mol. The number of carbonyl (C=O) groups excluding carboxylic acids is 1. The Hall–Kier alpha value is -3.22. The quantitative estimate of drug-likeness (QED) is 0.692. The summed E-state index contributed by atoms with van der Waals surface area (Å²) in [6.45, 7) is 1.01. The zero-order valence-corrected chi connectivity index (χ0v) is 13.0. The highest BCUT2D eigenvalue weighted by Gasteiger charge is 2.13. The average Bonchev–Trinajstić information content (AvgIpc) is 3.10. The Morgan fingerprint density at radius 1 is 1.08 bits per heavy atom. The van der Waals surface area contributed by atoms with Crippen LogP contribution in [-0.2, 0) is 6.54 Å². The summed E-state index contributed by atoms with van der Waals surface area (Å²) in [4.78, 5) is 23.9. The zero-order valence-electron chi connectivity index (χ0n) is 13.0.